The molecule has 0 bridgehead atoms. The number of anilines is 1. The summed E-state index contributed by atoms with van der Waals surface area (Å²) in [5.74, 6) is 0. The summed E-state index contributed by atoms with van der Waals surface area (Å²) < 4.78 is 0. The Kier molecular flexibility index (Phi) is 4.84. The molecule has 0 atom stereocenters. The van der Waals surface area contributed by atoms with Crippen LogP contribution in [0, 0.1) is 0 Å². The van der Waals surface area contributed by atoms with Crippen molar-refractivity contribution in [2.75, 3.05) is 25.6 Å². The number of nitrogens with zero attached hydrogens (tertiary/aromatic N) is 2. The monoisotopic (exact) mass is 205 g/mol. The first-order valence-electron chi connectivity index (χ1n) is 5.21. The Hall–Kier alpha value is -1.35. The van der Waals surface area contributed by atoms with Crippen molar-refractivity contribution in [3.63, 3.8) is 0 Å². The highest BCUT2D eigenvalue weighted by Gasteiger charge is 1.97. The van der Waals surface area contributed by atoms with Gasteiger partial charge < -0.3 is 5.32 Å². The molecule has 1 aromatic carbocycles. The van der Waals surface area contributed by atoms with Crippen molar-refractivity contribution in [2.24, 2.45) is 5.10 Å². The number of hydrazone groups is 1. The molecular formula is C12H19N3. The molecule has 0 heterocycles. The number of hydrogen-bond donors (Lipinski definition) is 1. The van der Waals surface area contributed by atoms with E-state index in [1.807, 2.05) is 37.3 Å². The molecule has 0 radical (unpaired) electrons. The molecular weight excluding hydrogens is 186 g/mol. The SMILES string of the molecule is CNCC/C(C)=N/N(C)c1ccccc1. The van der Waals surface area contributed by atoms with Crippen LogP contribution in [0.2, 0.25) is 0 Å². The van der Waals surface area contributed by atoms with E-state index < -0.39 is 0 Å². The molecule has 0 aliphatic carbocycles. The lowest BCUT2D eigenvalue weighted by atomic mass is 10.3. The number of rotatable bonds is 5. The molecule has 1 aromatic rings. The van der Waals surface area contributed by atoms with E-state index in [1.165, 1.54) is 0 Å². The van der Waals surface area contributed by atoms with E-state index in [0.29, 0.717) is 0 Å². The number of nitrogens with one attached hydrogen (secondary N) is 1. The third kappa shape index (κ3) is 4.13. The van der Waals surface area contributed by atoms with Gasteiger partial charge in [-0.1, -0.05) is 18.2 Å². The lowest BCUT2D eigenvalue weighted by Crippen LogP contribution is -2.15. The minimum Gasteiger partial charge on any atom is -0.319 e. The van der Waals surface area contributed by atoms with E-state index in [2.05, 4.69) is 29.5 Å². The molecule has 0 saturated carbocycles. The molecule has 1 rings (SSSR count). The van der Waals surface area contributed by atoms with Crippen molar-refractivity contribution in [3.05, 3.63) is 30.3 Å². The van der Waals surface area contributed by atoms with E-state index in [4.69, 9.17) is 0 Å². The standard InChI is InChI=1S/C12H19N3/c1-11(9-10-13-2)14-15(3)12-7-5-4-6-8-12/h4-8,13H,9-10H2,1-3H3/b14-11+. The number of para-hydroxylation sites is 1. The van der Waals surface area contributed by atoms with Crippen molar-refractivity contribution in [3.8, 4) is 0 Å². The van der Waals surface area contributed by atoms with E-state index in [9.17, 15) is 0 Å². The van der Waals surface area contributed by atoms with E-state index in [0.717, 1.165) is 24.4 Å². The largest absolute Gasteiger partial charge is 0.319 e. The molecule has 1 N–H and O–H groups in total. The van der Waals surface area contributed by atoms with Crippen molar-refractivity contribution in [1.29, 1.82) is 0 Å². The molecule has 0 aliphatic heterocycles. The number of benzene rings is 1. The Morgan fingerprint density at radius 2 is 2.00 bits per heavy atom. The van der Waals surface area contributed by atoms with Gasteiger partial charge in [0.25, 0.3) is 0 Å². The molecule has 0 aliphatic rings. The van der Waals surface area contributed by atoms with Crippen molar-refractivity contribution < 1.29 is 0 Å². The van der Waals surface area contributed by atoms with Gasteiger partial charge in [0, 0.05) is 19.3 Å². The molecule has 0 saturated heterocycles. The second-order valence-electron chi connectivity index (χ2n) is 3.55. The van der Waals surface area contributed by atoms with Gasteiger partial charge in [0.1, 0.15) is 0 Å². The number of hydrogen-bond acceptors (Lipinski definition) is 3. The Morgan fingerprint density at radius 3 is 2.60 bits per heavy atom. The summed E-state index contributed by atoms with van der Waals surface area (Å²) in [5.41, 5.74) is 2.25. The Morgan fingerprint density at radius 1 is 1.33 bits per heavy atom. The molecule has 0 aromatic heterocycles. The minimum absolute atomic E-state index is 0.970. The van der Waals surface area contributed by atoms with Gasteiger partial charge in [-0.05, 0) is 32.5 Å². The van der Waals surface area contributed by atoms with Crippen LogP contribution in [0.5, 0.6) is 0 Å². The zero-order valence-corrected chi connectivity index (χ0v) is 9.70. The van der Waals surface area contributed by atoms with Gasteiger partial charge in [-0.25, -0.2) is 0 Å². The second-order valence-corrected chi connectivity index (χ2v) is 3.55. The average molecular weight is 205 g/mol. The second kappa shape index (κ2) is 6.19. The lowest BCUT2D eigenvalue weighted by molar-refractivity contribution is 0.817. The van der Waals surface area contributed by atoms with Gasteiger partial charge in [0.05, 0.1) is 5.69 Å². The highest BCUT2D eigenvalue weighted by Crippen LogP contribution is 2.11. The van der Waals surface area contributed by atoms with Gasteiger partial charge in [-0.3, -0.25) is 5.01 Å². The van der Waals surface area contributed by atoms with Crippen LogP contribution in [0.1, 0.15) is 13.3 Å². The first-order chi connectivity index (χ1) is 7.24. The maximum absolute atomic E-state index is 4.49. The summed E-state index contributed by atoms with van der Waals surface area (Å²) in [4.78, 5) is 0. The van der Waals surface area contributed by atoms with Gasteiger partial charge in [-0.2, -0.15) is 5.10 Å². The van der Waals surface area contributed by atoms with Crippen molar-refractivity contribution in [1.82, 2.24) is 5.32 Å². The van der Waals surface area contributed by atoms with Gasteiger partial charge in [0.2, 0.25) is 0 Å². The van der Waals surface area contributed by atoms with Gasteiger partial charge in [0.15, 0.2) is 0 Å². The summed E-state index contributed by atoms with van der Waals surface area (Å²) in [6, 6.07) is 10.1. The van der Waals surface area contributed by atoms with Crippen LogP contribution < -0.4 is 10.3 Å². The molecule has 3 nitrogen and oxygen atoms in total. The van der Waals surface area contributed by atoms with Gasteiger partial charge >= 0.3 is 0 Å². The normalized spacial score (nSPS) is 11.5. The van der Waals surface area contributed by atoms with E-state index >= 15 is 0 Å². The molecule has 0 fully saturated rings. The van der Waals surface area contributed by atoms with Crippen LogP contribution >= 0.6 is 0 Å². The first-order valence-corrected chi connectivity index (χ1v) is 5.21. The predicted octanol–water partition coefficient (Wildman–Crippen LogP) is 2.11. The molecule has 3 heteroatoms. The smallest absolute Gasteiger partial charge is 0.0590 e. The Labute approximate surface area is 91.8 Å². The summed E-state index contributed by atoms with van der Waals surface area (Å²) in [6.07, 6.45) is 0.980. The highest BCUT2D eigenvalue weighted by atomic mass is 15.4. The average Bonchev–Trinajstić information content (AvgIpc) is 2.27. The molecule has 0 amide bonds. The zero-order valence-electron chi connectivity index (χ0n) is 9.70. The van der Waals surface area contributed by atoms with E-state index in [1.54, 1.807) is 0 Å². The van der Waals surface area contributed by atoms with Gasteiger partial charge in [-0.15, -0.1) is 0 Å². The fourth-order valence-corrected chi connectivity index (χ4v) is 1.31. The van der Waals surface area contributed by atoms with Crippen LogP contribution in [0.4, 0.5) is 5.69 Å². The molecule has 82 valence electrons. The predicted molar refractivity (Wildman–Crippen MR) is 66.5 cm³/mol. The third-order valence-corrected chi connectivity index (χ3v) is 2.19. The van der Waals surface area contributed by atoms with Crippen molar-refractivity contribution >= 4 is 11.4 Å². The van der Waals surface area contributed by atoms with Crippen molar-refractivity contribution in [2.45, 2.75) is 13.3 Å². The summed E-state index contributed by atoms with van der Waals surface area (Å²) >= 11 is 0. The highest BCUT2D eigenvalue weighted by molar-refractivity contribution is 5.82. The molecule has 0 spiro atoms. The maximum Gasteiger partial charge on any atom is 0.0590 e. The topological polar surface area (TPSA) is 27.6 Å². The summed E-state index contributed by atoms with van der Waals surface area (Å²) in [7, 11) is 3.92. The lowest BCUT2D eigenvalue weighted by Gasteiger charge is -2.14. The quantitative estimate of drug-likeness (QED) is 0.589. The van der Waals surface area contributed by atoms with Crippen LogP contribution in [-0.4, -0.2) is 26.4 Å². The Balaban J connectivity index is 2.58. The summed E-state index contributed by atoms with van der Waals surface area (Å²) in [6.45, 7) is 3.02. The Bertz CT molecular complexity index is 306. The third-order valence-electron chi connectivity index (χ3n) is 2.19. The van der Waals surface area contributed by atoms with Crippen LogP contribution in [-0.2, 0) is 0 Å². The minimum atomic E-state index is 0.970. The molecule has 15 heavy (non-hydrogen) atoms. The fraction of sp³-hybridized carbons (Fsp3) is 0.417. The van der Waals surface area contributed by atoms with E-state index in [-0.39, 0.29) is 0 Å². The fourth-order valence-electron chi connectivity index (χ4n) is 1.31. The van der Waals surface area contributed by atoms with Crippen LogP contribution in [0.25, 0.3) is 0 Å². The van der Waals surface area contributed by atoms with Crippen LogP contribution in [0.3, 0.4) is 0 Å². The van der Waals surface area contributed by atoms with Crippen LogP contribution in [0.15, 0.2) is 35.4 Å². The summed E-state index contributed by atoms with van der Waals surface area (Å²) in [5, 5.41) is 9.51. The zero-order chi connectivity index (χ0) is 11.1. The molecule has 0 unspecified atom stereocenters. The first kappa shape index (κ1) is 11.7. The maximum atomic E-state index is 4.49.